The van der Waals surface area contributed by atoms with E-state index in [0.29, 0.717) is 24.3 Å². The number of carboxylic acids is 1. The maximum atomic E-state index is 12.3. The predicted octanol–water partition coefficient (Wildman–Crippen LogP) is 1.62. The zero-order valence-corrected chi connectivity index (χ0v) is 11.7. The molecular weight excluding hydrogens is 277 g/mol. The molecule has 0 aromatic carbocycles. The van der Waals surface area contributed by atoms with Crippen LogP contribution >= 0.6 is 0 Å². The number of halogens is 3. The molecule has 0 unspecified atom stereocenters. The second-order valence-corrected chi connectivity index (χ2v) is 5.46. The molecule has 0 heterocycles. The largest absolute Gasteiger partial charge is 0.480 e. The van der Waals surface area contributed by atoms with Crippen LogP contribution in [0.2, 0.25) is 0 Å². The lowest BCUT2D eigenvalue weighted by atomic mass is 9.84. The monoisotopic (exact) mass is 298 g/mol. The molecule has 0 fully saturated rings. The fourth-order valence-corrected chi connectivity index (χ4v) is 1.73. The first kappa shape index (κ1) is 18.7. The van der Waals surface area contributed by atoms with Gasteiger partial charge in [-0.2, -0.15) is 13.2 Å². The molecule has 1 amide bonds. The van der Waals surface area contributed by atoms with E-state index in [1.165, 1.54) is 0 Å². The molecular formula is C12H21F3N2O3. The average Bonchev–Trinajstić information content (AvgIpc) is 2.22. The first-order valence-electron chi connectivity index (χ1n) is 6.23. The highest BCUT2D eigenvalue weighted by Crippen LogP contribution is 2.26. The topological polar surface area (TPSA) is 83.6 Å². The van der Waals surface area contributed by atoms with E-state index in [0.717, 1.165) is 0 Å². The number of carbonyl (C=O) groups is 2. The van der Waals surface area contributed by atoms with Gasteiger partial charge in [0, 0.05) is 6.42 Å². The van der Waals surface area contributed by atoms with Gasteiger partial charge in [-0.1, -0.05) is 13.8 Å². The highest BCUT2D eigenvalue weighted by Gasteiger charge is 2.34. The number of nitrogens with zero attached hydrogens (tertiary/aromatic N) is 1. The molecule has 8 heteroatoms. The van der Waals surface area contributed by atoms with Crippen molar-refractivity contribution in [2.45, 2.75) is 39.3 Å². The van der Waals surface area contributed by atoms with Gasteiger partial charge in [0.1, 0.15) is 13.1 Å². The second-order valence-electron chi connectivity index (χ2n) is 5.46. The summed E-state index contributed by atoms with van der Waals surface area (Å²) in [5.74, 6) is -2.28. The third-order valence-electron chi connectivity index (χ3n) is 2.89. The normalized spacial score (nSPS) is 12.3. The summed E-state index contributed by atoms with van der Waals surface area (Å²) in [6.45, 7) is 1.64. The van der Waals surface area contributed by atoms with Crippen molar-refractivity contribution in [3.8, 4) is 0 Å². The summed E-state index contributed by atoms with van der Waals surface area (Å²) in [5, 5.41) is 8.56. The number of carboxylic acid groups (broad SMARTS) is 1. The fraction of sp³-hybridized carbons (Fsp3) is 0.833. The van der Waals surface area contributed by atoms with Crippen molar-refractivity contribution < 1.29 is 27.9 Å². The van der Waals surface area contributed by atoms with Gasteiger partial charge < -0.3 is 15.7 Å². The number of alkyl halides is 3. The lowest BCUT2D eigenvalue weighted by molar-refractivity contribution is -0.166. The zero-order valence-electron chi connectivity index (χ0n) is 11.7. The van der Waals surface area contributed by atoms with Crippen molar-refractivity contribution in [2.24, 2.45) is 11.1 Å². The molecule has 5 nitrogen and oxygen atoms in total. The van der Waals surface area contributed by atoms with Gasteiger partial charge in [-0.3, -0.25) is 9.59 Å². The maximum Gasteiger partial charge on any atom is 0.406 e. The summed E-state index contributed by atoms with van der Waals surface area (Å²) in [5.41, 5.74) is 5.14. The van der Waals surface area contributed by atoms with Crippen LogP contribution in [0.5, 0.6) is 0 Å². The van der Waals surface area contributed by atoms with E-state index in [2.05, 4.69) is 0 Å². The maximum absolute atomic E-state index is 12.3. The van der Waals surface area contributed by atoms with Crippen LogP contribution in [0.15, 0.2) is 0 Å². The van der Waals surface area contributed by atoms with Crippen molar-refractivity contribution in [1.82, 2.24) is 4.90 Å². The Morgan fingerprint density at radius 2 is 1.75 bits per heavy atom. The van der Waals surface area contributed by atoms with E-state index in [9.17, 15) is 22.8 Å². The summed E-state index contributed by atoms with van der Waals surface area (Å²) in [4.78, 5) is 22.6. The van der Waals surface area contributed by atoms with Crippen molar-refractivity contribution in [3.63, 3.8) is 0 Å². The molecule has 0 radical (unpaired) electrons. The lowest BCUT2D eigenvalue weighted by Gasteiger charge is -2.26. The summed E-state index contributed by atoms with van der Waals surface area (Å²) in [6, 6.07) is 0. The van der Waals surface area contributed by atoms with E-state index >= 15 is 0 Å². The summed E-state index contributed by atoms with van der Waals surface area (Å²) >= 11 is 0. The first-order valence-corrected chi connectivity index (χ1v) is 6.23. The van der Waals surface area contributed by atoms with E-state index in [4.69, 9.17) is 10.8 Å². The van der Waals surface area contributed by atoms with Gasteiger partial charge in [-0.25, -0.2) is 0 Å². The molecule has 118 valence electrons. The Morgan fingerprint density at radius 3 is 2.15 bits per heavy atom. The quantitative estimate of drug-likeness (QED) is 0.713. The molecule has 0 bridgehead atoms. The van der Waals surface area contributed by atoms with Gasteiger partial charge in [-0.15, -0.1) is 0 Å². The SMILES string of the molecule is CC(C)(CCN)CCC(=O)N(CC(=O)O)CC(F)(F)F. The Kier molecular flexibility index (Phi) is 6.98. The van der Waals surface area contributed by atoms with Gasteiger partial charge in [0.15, 0.2) is 0 Å². The van der Waals surface area contributed by atoms with Crippen LogP contribution < -0.4 is 5.73 Å². The number of rotatable bonds is 8. The van der Waals surface area contributed by atoms with Crippen LogP contribution in [-0.2, 0) is 9.59 Å². The predicted molar refractivity (Wildman–Crippen MR) is 67.0 cm³/mol. The van der Waals surface area contributed by atoms with Gasteiger partial charge in [0.25, 0.3) is 0 Å². The van der Waals surface area contributed by atoms with E-state index in [1.54, 1.807) is 0 Å². The minimum absolute atomic E-state index is 0.129. The highest BCUT2D eigenvalue weighted by atomic mass is 19.4. The third kappa shape index (κ3) is 8.73. The minimum Gasteiger partial charge on any atom is -0.480 e. The number of hydrogen-bond donors (Lipinski definition) is 2. The Labute approximate surface area is 115 Å². The standard InChI is InChI=1S/C12H21F3N2O3/c1-11(2,5-6-16)4-3-9(18)17(7-10(19)20)8-12(13,14)15/h3-8,16H2,1-2H3,(H,19,20). The summed E-state index contributed by atoms with van der Waals surface area (Å²) in [7, 11) is 0. The fourth-order valence-electron chi connectivity index (χ4n) is 1.73. The van der Waals surface area contributed by atoms with Gasteiger partial charge in [-0.05, 0) is 24.8 Å². The minimum atomic E-state index is -4.61. The zero-order chi connectivity index (χ0) is 16.0. The molecule has 0 saturated heterocycles. The van der Waals surface area contributed by atoms with Gasteiger partial charge in [0.2, 0.25) is 5.91 Å². The molecule has 0 aliphatic carbocycles. The average molecular weight is 298 g/mol. The van der Waals surface area contributed by atoms with Crippen LogP contribution in [0.25, 0.3) is 0 Å². The van der Waals surface area contributed by atoms with E-state index in [1.807, 2.05) is 13.8 Å². The van der Waals surface area contributed by atoms with Crippen molar-refractivity contribution >= 4 is 11.9 Å². The Balaban J connectivity index is 4.59. The Morgan fingerprint density at radius 1 is 1.20 bits per heavy atom. The van der Waals surface area contributed by atoms with Crippen molar-refractivity contribution in [2.75, 3.05) is 19.6 Å². The van der Waals surface area contributed by atoms with Gasteiger partial charge in [0.05, 0.1) is 0 Å². The summed E-state index contributed by atoms with van der Waals surface area (Å²) < 4.78 is 36.9. The molecule has 0 aromatic rings. The summed E-state index contributed by atoms with van der Waals surface area (Å²) in [6.07, 6.45) is -3.75. The molecule has 20 heavy (non-hydrogen) atoms. The number of amides is 1. The van der Waals surface area contributed by atoms with Crippen LogP contribution in [-0.4, -0.2) is 47.7 Å². The van der Waals surface area contributed by atoms with E-state index in [-0.39, 0.29) is 11.8 Å². The van der Waals surface area contributed by atoms with Crippen LogP contribution in [0.4, 0.5) is 13.2 Å². The van der Waals surface area contributed by atoms with Crippen molar-refractivity contribution in [3.05, 3.63) is 0 Å². The molecule has 0 atom stereocenters. The smallest absolute Gasteiger partial charge is 0.406 e. The molecule has 0 aliphatic rings. The molecule has 0 saturated carbocycles. The number of nitrogens with two attached hydrogens (primary N) is 1. The Bertz CT molecular complexity index is 343. The molecule has 3 N–H and O–H groups in total. The molecule has 0 rings (SSSR count). The molecule has 0 aromatic heterocycles. The van der Waals surface area contributed by atoms with Crippen molar-refractivity contribution in [1.29, 1.82) is 0 Å². The molecule has 0 aliphatic heterocycles. The number of carbonyl (C=O) groups excluding carboxylic acids is 1. The molecule has 0 spiro atoms. The lowest BCUT2D eigenvalue weighted by Crippen LogP contribution is -2.42. The first-order chi connectivity index (χ1) is 8.97. The van der Waals surface area contributed by atoms with Crippen LogP contribution in [0.1, 0.15) is 33.1 Å². The third-order valence-corrected chi connectivity index (χ3v) is 2.89. The number of hydrogen-bond acceptors (Lipinski definition) is 3. The number of aliphatic carboxylic acids is 1. The Hall–Kier alpha value is -1.31. The highest BCUT2D eigenvalue weighted by molar-refractivity contribution is 5.81. The second kappa shape index (κ2) is 7.47. The van der Waals surface area contributed by atoms with Crippen LogP contribution in [0.3, 0.4) is 0 Å². The van der Waals surface area contributed by atoms with Gasteiger partial charge >= 0.3 is 12.1 Å². The van der Waals surface area contributed by atoms with E-state index < -0.39 is 31.1 Å². The van der Waals surface area contributed by atoms with Crippen LogP contribution in [0, 0.1) is 5.41 Å².